The van der Waals surface area contributed by atoms with Crippen molar-refractivity contribution in [3.63, 3.8) is 0 Å². The van der Waals surface area contributed by atoms with Crippen molar-refractivity contribution in [2.75, 3.05) is 6.54 Å². The van der Waals surface area contributed by atoms with Crippen LogP contribution in [0, 0.1) is 11.8 Å². The Bertz CT molecular complexity index is 1040. The van der Waals surface area contributed by atoms with Crippen molar-refractivity contribution in [1.29, 1.82) is 0 Å². The third-order valence-corrected chi connectivity index (χ3v) is 7.86. The van der Waals surface area contributed by atoms with Crippen molar-refractivity contribution in [1.82, 2.24) is 21.3 Å². The first-order valence-corrected chi connectivity index (χ1v) is 16.3. The summed E-state index contributed by atoms with van der Waals surface area (Å²) < 4.78 is 5.37. The van der Waals surface area contributed by atoms with Crippen LogP contribution in [-0.4, -0.2) is 65.3 Å². The molecule has 10 heteroatoms. The van der Waals surface area contributed by atoms with Crippen LogP contribution < -0.4 is 21.3 Å². The molecule has 1 aromatic carbocycles. The second kappa shape index (κ2) is 18.6. The van der Waals surface area contributed by atoms with E-state index in [0.29, 0.717) is 37.6 Å². The molecular weight excluding hydrogens is 560 g/mol. The van der Waals surface area contributed by atoms with Gasteiger partial charge in [0, 0.05) is 19.4 Å². The fourth-order valence-corrected chi connectivity index (χ4v) is 5.36. The number of nitrogens with one attached hydrogen (secondary N) is 4. The third kappa shape index (κ3) is 15.0. The normalized spacial score (nSPS) is 16.7. The van der Waals surface area contributed by atoms with Crippen molar-refractivity contribution in [3.05, 3.63) is 35.9 Å². The van der Waals surface area contributed by atoms with Crippen molar-refractivity contribution in [2.45, 2.75) is 136 Å². The molecule has 1 fully saturated rings. The molecule has 0 heterocycles. The summed E-state index contributed by atoms with van der Waals surface area (Å²) in [6.07, 6.45) is 6.39. The van der Waals surface area contributed by atoms with Gasteiger partial charge in [-0.05, 0) is 64.4 Å². The third-order valence-electron chi connectivity index (χ3n) is 7.86. The van der Waals surface area contributed by atoms with Crippen LogP contribution >= 0.6 is 0 Å². The molecule has 44 heavy (non-hydrogen) atoms. The van der Waals surface area contributed by atoms with Gasteiger partial charge in [-0.15, -0.1) is 0 Å². The first kappa shape index (κ1) is 37.0. The lowest BCUT2D eigenvalue weighted by Crippen LogP contribution is -2.56. The summed E-state index contributed by atoms with van der Waals surface area (Å²) in [5.74, 6) is -0.154. The number of amides is 4. The van der Waals surface area contributed by atoms with Crippen LogP contribution in [0.15, 0.2) is 30.3 Å². The Hall–Kier alpha value is -3.14. The minimum Gasteiger partial charge on any atom is -0.444 e. The molecule has 248 valence electrons. The highest BCUT2D eigenvalue weighted by Gasteiger charge is 2.30. The Morgan fingerprint density at radius 1 is 0.909 bits per heavy atom. The van der Waals surface area contributed by atoms with E-state index in [1.165, 1.54) is 6.42 Å². The first-order valence-electron chi connectivity index (χ1n) is 16.3. The Labute approximate surface area is 263 Å². The number of ether oxygens (including phenoxy) is 1. The summed E-state index contributed by atoms with van der Waals surface area (Å²) >= 11 is 0. The topological polar surface area (TPSA) is 146 Å². The quantitative estimate of drug-likeness (QED) is 0.186. The molecule has 1 aromatic rings. The predicted octanol–water partition coefficient (Wildman–Crippen LogP) is 4.39. The Morgan fingerprint density at radius 3 is 2.18 bits per heavy atom. The van der Waals surface area contributed by atoms with E-state index in [0.717, 1.165) is 37.7 Å². The Balaban J connectivity index is 2.04. The number of aliphatic hydroxyl groups is 1. The molecule has 0 bridgehead atoms. The van der Waals surface area contributed by atoms with Gasteiger partial charge in [-0.25, -0.2) is 4.79 Å². The molecule has 10 nitrogen and oxygen atoms in total. The molecule has 5 N–H and O–H groups in total. The molecule has 2 rings (SSSR count). The van der Waals surface area contributed by atoms with Gasteiger partial charge >= 0.3 is 6.09 Å². The largest absolute Gasteiger partial charge is 0.444 e. The van der Waals surface area contributed by atoms with Gasteiger partial charge in [0.2, 0.25) is 17.7 Å². The van der Waals surface area contributed by atoms with Crippen LogP contribution in [0.1, 0.15) is 105 Å². The number of benzene rings is 1. The van der Waals surface area contributed by atoms with Crippen molar-refractivity contribution >= 4 is 23.8 Å². The number of carbonyl (C=O) groups excluding carboxylic acids is 4. The minimum absolute atomic E-state index is 0.0415. The lowest BCUT2D eigenvalue weighted by Gasteiger charge is -2.31. The zero-order valence-corrected chi connectivity index (χ0v) is 27.6. The van der Waals surface area contributed by atoms with Gasteiger partial charge in [-0.1, -0.05) is 76.3 Å². The van der Waals surface area contributed by atoms with E-state index in [1.54, 1.807) is 27.7 Å². The molecule has 0 aromatic heterocycles. The molecule has 0 aliphatic heterocycles. The van der Waals surface area contributed by atoms with Gasteiger partial charge in [0.05, 0.1) is 12.1 Å². The SMILES string of the molecule is CC(C)CCC(=O)NCC[C@H](O)[C@H](CC1CCCCC1)NC(=O)[C@H](C)NC(=O)[C@H](Cc1ccccc1)NC(=O)OC(C)(C)C. The smallest absolute Gasteiger partial charge is 0.408 e. The lowest BCUT2D eigenvalue weighted by molar-refractivity contribution is -0.130. The van der Waals surface area contributed by atoms with Crippen molar-refractivity contribution < 1.29 is 29.0 Å². The van der Waals surface area contributed by atoms with Crippen LogP contribution in [0.5, 0.6) is 0 Å². The fraction of sp³-hybridized carbons (Fsp3) is 0.706. The standard InChI is InChI=1S/C34H56N4O6/c1-23(2)17-18-30(40)35-20-19-29(39)27(21-25-13-9-7-10-14-25)37-31(41)24(3)36-32(42)28(22-26-15-11-8-12-16-26)38-33(43)44-34(4,5)6/h8,11-12,15-16,23-25,27-29,39H,7,9-10,13-14,17-22H2,1-6H3,(H,35,40)(H,36,42)(H,37,41)(H,38,43)/t24-,27-,28-,29-/m0/s1. The minimum atomic E-state index is -0.967. The summed E-state index contributed by atoms with van der Waals surface area (Å²) in [7, 11) is 0. The number of rotatable bonds is 16. The highest BCUT2D eigenvalue weighted by Crippen LogP contribution is 2.28. The zero-order chi connectivity index (χ0) is 32.7. The second-order valence-corrected chi connectivity index (χ2v) is 13.6. The summed E-state index contributed by atoms with van der Waals surface area (Å²) in [4.78, 5) is 51.4. The lowest BCUT2D eigenvalue weighted by atomic mass is 9.83. The van der Waals surface area contributed by atoms with E-state index in [9.17, 15) is 24.3 Å². The molecular formula is C34H56N4O6. The maximum atomic E-state index is 13.3. The zero-order valence-electron chi connectivity index (χ0n) is 27.6. The second-order valence-electron chi connectivity index (χ2n) is 13.6. The predicted molar refractivity (Wildman–Crippen MR) is 172 cm³/mol. The van der Waals surface area contributed by atoms with Gasteiger partial charge in [-0.2, -0.15) is 0 Å². The van der Waals surface area contributed by atoms with Crippen LogP contribution in [0.2, 0.25) is 0 Å². The molecule has 0 spiro atoms. The summed E-state index contributed by atoms with van der Waals surface area (Å²) in [6, 6.07) is 6.88. The first-order chi connectivity index (χ1) is 20.7. The molecule has 1 aliphatic rings. The van der Waals surface area contributed by atoms with E-state index in [1.807, 2.05) is 30.3 Å². The number of hydrogen-bond donors (Lipinski definition) is 5. The summed E-state index contributed by atoms with van der Waals surface area (Å²) in [5, 5.41) is 22.4. The molecule has 1 saturated carbocycles. The van der Waals surface area contributed by atoms with Gasteiger partial charge in [0.1, 0.15) is 17.7 Å². The molecule has 0 unspecified atom stereocenters. The van der Waals surface area contributed by atoms with Crippen molar-refractivity contribution in [3.8, 4) is 0 Å². The number of aliphatic hydroxyl groups excluding tert-OH is 1. The van der Waals surface area contributed by atoms with E-state index in [2.05, 4.69) is 35.1 Å². The van der Waals surface area contributed by atoms with Crippen LogP contribution in [0.4, 0.5) is 4.79 Å². The molecule has 4 atom stereocenters. The molecule has 0 saturated heterocycles. The van der Waals surface area contributed by atoms with Crippen LogP contribution in [0.3, 0.4) is 0 Å². The highest BCUT2D eigenvalue weighted by molar-refractivity contribution is 5.91. The average molecular weight is 617 g/mol. The Kier molecular flexibility index (Phi) is 15.7. The number of hydrogen-bond acceptors (Lipinski definition) is 6. The van der Waals surface area contributed by atoms with E-state index in [-0.39, 0.29) is 12.3 Å². The summed E-state index contributed by atoms with van der Waals surface area (Å²) in [5.41, 5.74) is 0.101. The van der Waals surface area contributed by atoms with E-state index in [4.69, 9.17) is 4.74 Å². The Morgan fingerprint density at radius 2 is 1.57 bits per heavy atom. The van der Waals surface area contributed by atoms with Gasteiger partial charge in [-0.3, -0.25) is 14.4 Å². The van der Waals surface area contributed by atoms with E-state index >= 15 is 0 Å². The van der Waals surface area contributed by atoms with Gasteiger partial charge in [0.25, 0.3) is 0 Å². The summed E-state index contributed by atoms with van der Waals surface area (Å²) in [6.45, 7) is 11.3. The van der Waals surface area contributed by atoms with Crippen molar-refractivity contribution in [2.24, 2.45) is 11.8 Å². The molecule has 0 radical (unpaired) electrons. The molecule has 4 amide bonds. The fourth-order valence-electron chi connectivity index (χ4n) is 5.36. The highest BCUT2D eigenvalue weighted by atomic mass is 16.6. The number of carbonyl (C=O) groups is 4. The number of alkyl carbamates (subject to hydrolysis) is 1. The maximum absolute atomic E-state index is 13.3. The van der Waals surface area contributed by atoms with E-state index < -0.39 is 47.7 Å². The van der Waals surface area contributed by atoms with Crippen LogP contribution in [-0.2, 0) is 25.5 Å². The maximum Gasteiger partial charge on any atom is 0.408 e. The van der Waals surface area contributed by atoms with Crippen LogP contribution in [0.25, 0.3) is 0 Å². The average Bonchev–Trinajstić information content (AvgIpc) is 2.95. The monoisotopic (exact) mass is 616 g/mol. The van der Waals surface area contributed by atoms with Gasteiger partial charge in [0.15, 0.2) is 0 Å². The molecule has 1 aliphatic carbocycles. The van der Waals surface area contributed by atoms with Gasteiger partial charge < -0.3 is 31.1 Å².